The number of rotatable bonds is 8. The summed E-state index contributed by atoms with van der Waals surface area (Å²) in [5, 5.41) is 7.49. The number of methoxy groups -OCH3 is 1. The minimum Gasteiger partial charge on any atom is -0.497 e. The van der Waals surface area contributed by atoms with Gasteiger partial charge in [0, 0.05) is 52.3 Å². The maximum absolute atomic E-state index is 6.73. The zero-order valence-corrected chi connectivity index (χ0v) is 30.3. The monoisotopic (exact) mass is 652 g/mol. The van der Waals surface area contributed by atoms with E-state index in [0.29, 0.717) is 23.7 Å². The number of nitrogens with zero attached hydrogens (tertiary/aromatic N) is 4. The van der Waals surface area contributed by atoms with Crippen LogP contribution in [-0.4, -0.2) is 26.4 Å². The lowest BCUT2D eigenvalue weighted by Crippen LogP contribution is -2.30. The van der Waals surface area contributed by atoms with Crippen molar-refractivity contribution in [2.75, 3.05) is 7.11 Å². The molecule has 0 N–H and O–H groups in total. The molecule has 4 atom stereocenters. The van der Waals surface area contributed by atoms with Crippen molar-refractivity contribution in [3.05, 3.63) is 113 Å². The van der Waals surface area contributed by atoms with Crippen molar-refractivity contribution < 1.29 is 9.47 Å². The van der Waals surface area contributed by atoms with Crippen LogP contribution in [0.2, 0.25) is 0 Å². The van der Waals surface area contributed by atoms with E-state index in [1.54, 1.807) is 13.3 Å². The molecule has 6 nitrogen and oxygen atoms in total. The van der Waals surface area contributed by atoms with Gasteiger partial charge < -0.3 is 9.47 Å². The first-order chi connectivity index (χ1) is 23.6. The largest absolute Gasteiger partial charge is 0.497 e. The topological polar surface area (TPSA) is 54.1 Å². The fourth-order valence-electron chi connectivity index (χ4n) is 8.29. The summed E-state index contributed by atoms with van der Waals surface area (Å²) in [4.78, 5) is 4.72. The molecule has 252 valence electrons. The molecule has 3 aromatic heterocycles. The predicted octanol–water partition coefficient (Wildman–Crippen LogP) is 11.1. The molecule has 1 unspecified atom stereocenters. The number of ether oxygens (including phenoxy) is 2. The fourth-order valence-corrected chi connectivity index (χ4v) is 8.29. The average Bonchev–Trinajstić information content (AvgIpc) is 3.59. The van der Waals surface area contributed by atoms with E-state index >= 15 is 0 Å². The second-order valence-electron chi connectivity index (χ2n) is 14.1. The quantitative estimate of drug-likeness (QED) is 0.154. The number of aryl methyl sites for hydroxylation is 2. The summed E-state index contributed by atoms with van der Waals surface area (Å²) >= 11 is 0. The highest BCUT2D eigenvalue weighted by Crippen LogP contribution is 2.48. The molecule has 6 aromatic rings. The minimum absolute atomic E-state index is 0.368. The molecule has 0 aliphatic heterocycles. The second-order valence-corrected chi connectivity index (χ2v) is 14.1. The fraction of sp³-hybridized carbons (Fsp3) is 0.349. The Labute approximate surface area is 290 Å². The average molecular weight is 653 g/mol. The first-order valence-electron chi connectivity index (χ1n) is 17.7. The Morgan fingerprint density at radius 1 is 0.755 bits per heavy atom. The van der Waals surface area contributed by atoms with E-state index in [1.807, 2.05) is 12.1 Å². The first-order valence-corrected chi connectivity index (χ1v) is 17.7. The van der Waals surface area contributed by atoms with Gasteiger partial charge in [0.25, 0.3) is 0 Å². The van der Waals surface area contributed by atoms with Crippen LogP contribution in [0.3, 0.4) is 0 Å². The maximum Gasteiger partial charge on any atom is 0.141 e. The summed E-state index contributed by atoms with van der Waals surface area (Å²) in [7, 11) is 1.68. The highest BCUT2D eigenvalue weighted by Gasteiger charge is 2.38. The molecule has 1 aliphatic rings. The maximum atomic E-state index is 6.73. The summed E-state index contributed by atoms with van der Waals surface area (Å²) in [5.41, 5.74) is 11.1. The molecule has 0 bridgehead atoms. The van der Waals surface area contributed by atoms with Crippen LogP contribution in [0.25, 0.3) is 33.3 Å². The van der Waals surface area contributed by atoms with Gasteiger partial charge in [0.05, 0.1) is 29.5 Å². The number of pyridine rings is 1. The minimum atomic E-state index is 0.368. The number of para-hydroxylation sites is 1. The van der Waals surface area contributed by atoms with E-state index in [1.165, 1.54) is 28.0 Å². The summed E-state index contributed by atoms with van der Waals surface area (Å²) in [5.74, 6) is 5.24. The molecule has 49 heavy (non-hydrogen) atoms. The van der Waals surface area contributed by atoms with Gasteiger partial charge in [-0.1, -0.05) is 63.5 Å². The molecule has 0 fully saturated rings. The molecular weight excluding hydrogens is 604 g/mol. The number of hydrogen-bond acceptors (Lipinski definition) is 4. The van der Waals surface area contributed by atoms with Crippen LogP contribution < -0.4 is 9.47 Å². The number of aromatic nitrogens is 4. The molecule has 0 amide bonds. The number of benzene rings is 3. The van der Waals surface area contributed by atoms with E-state index in [4.69, 9.17) is 19.6 Å². The Hall–Kier alpha value is -4.84. The number of hydrogen-bond donors (Lipinski definition) is 0. The molecule has 0 spiro atoms. The molecule has 7 rings (SSSR count). The van der Waals surface area contributed by atoms with Gasteiger partial charge in [0.1, 0.15) is 23.1 Å². The van der Waals surface area contributed by atoms with Gasteiger partial charge in [-0.05, 0) is 93.8 Å². The highest BCUT2D eigenvalue weighted by molar-refractivity contribution is 6.09. The number of allylic oxidation sites excluding steroid dienone is 2. The normalized spacial score (nSPS) is 19.6. The van der Waals surface area contributed by atoms with Gasteiger partial charge >= 0.3 is 0 Å². The number of fused-ring (bicyclic) bond motifs is 3. The molecule has 0 radical (unpaired) electrons. The Morgan fingerprint density at radius 3 is 2.31 bits per heavy atom. The van der Waals surface area contributed by atoms with Gasteiger partial charge in [-0.3, -0.25) is 4.57 Å². The van der Waals surface area contributed by atoms with Crippen molar-refractivity contribution in [2.45, 2.75) is 74.1 Å². The summed E-state index contributed by atoms with van der Waals surface area (Å²) in [6.07, 6.45) is 3.79. The van der Waals surface area contributed by atoms with Crippen LogP contribution in [0.4, 0.5) is 0 Å². The van der Waals surface area contributed by atoms with Crippen molar-refractivity contribution in [1.29, 1.82) is 0 Å². The SMILES string of the molecule is CCCc1cc(Oc2ccc3c4ccccc4n(-c4cc(OC)ccn4)c3c2)cc(-n2nc(C)c([C@@H]3C(C)=C(C)C(C)[C@H](C)[C@@H]3C)c2C)c1. The van der Waals surface area contributed by atoms with Crippen molar-refractivity contribution in [2.24, 2.45) is 17.8 Å². The van der Waals surface area contributed by atoms with Gasteiger partial charge in [-0.15, -0.1) is 0 Å². The third-order valence-electron chi connectivity index (χ3n) is 11.4. The van der Waals surface area contributed by atoms with Gasteiger partial charge in [0.15, 0.2) is 0 Å². The van der Waals surface area contributed by atoms with E-state index in [-0.39, 0.29) is 0 Å². The van der Waals surface area contributed by atoms with Crippen LogP contribution in [0.1, 0.15) is 76.4 Å². The Bertz CT molecular complexity index is 2220. The standard InChI is InChI=1S/C43H48N4O2/c1-10-13-32-20-33(47-31(8)43(30(7)45-47)42-28(5)26(3)25(2)27(4)29(42)6)22-36(21-32)49-35-16-17-38-37-14-11-12-15-39(37)46(40(38)23-35)41-24-34(48-9)18-19-44-41/h11-12,14-26,28,42H,10,13H2,1-9H3/t25?,26-,28-,42-/m0/s1. The van der Waals surface area contributed by atoms with Crippen LogP contribution >= 0.6 is 0 Å². The molecular formula is C43H48N4O2. The lowest BCUT2D eigenvalue weighted by Gasteiger charge is -2.40. The van der Waals surface area contributed by atoms with Gasteiger partial charge in [0.2, 0.25) is 0 Å². The van der Waals surface area contributed by atoms with Crippen LogP contribution in [0.5, 0.6) is 17.2 Å². The van der Waals surface area contributed by atoms with Crippen molar-refractivity contribution in [3.63, 3.8) is 0 Å². The molecule has 3 aromatic carbocycles. The third kappa shape index (κ3) is 5.61. The van der Waals surface area contributed by atoms with Crippen LogP contribution in [-0.2, 0) is 6.42 Å². The summed E-state index contributed by atoms with van der Waals surface area (Å²) < 4.78 is 16.6. The first kappa shape index (κ1) is 32.7. The molecule has 1 aliphatic carbocycles. The Kier molecular flexibility index (Phi) is 8.60. The Balaban J connectivity index is 1.31. The van der Waals surface area contributed by atoms with E-state index in [2.05, 4.69) is 125 Å². The molecule has 0 saturated heterocycles. The Morgan fingerprint density at radius 2 is 1.53 bits per heavy atom. The highest BCUT2D eigenvalue weighted by atomic mass is 16.5. The molecule has 6 heteroatoms. The van der Waals surface area contributed by atoms with Crippen LogP contribution in [0.15, 0.2) is 90.1 Å². The second kappa shape index (κ2) is 12.9. The van der Waals surface area contributed by atoms with Crippen molar-refractivity contribution >= 4 is 21.8 Å². The van der Waals surface area contributed by atoms with Gasteiger partial charge in [-0.25, -0.2) is 9.67 Å². The van der Waals surface area contributed by atoms with Crippen LogP contribution in [0, 0.1) is 31.6 Å². The summed E-state index contributed by atoms with van der Waals surface area (Å²) in [6.45, 7) is 18.5. The van der Waals surface area contributed by atoms with Crippen molar-refractivity contribution in [1.82, 2.24) is 19.3 Å². The smallest absolute Gasteiger partial charge is 0.141 e. The van der Waals surface area contributed by atoms with E-state index < -0.39 is 0 Å². The lowest BCUT2D eigenvalue weighted by atomic mass is 9.64. The third-order valence-corrected chi connectivity index (χ3v) is 11.4. The summed E-state index contributed by atoms with van der Waals surface area (Å²) in [6, 6.07) is 25.2. The molecule has 3 heterocycles. The van der Waals surface area contributed by atoms with E-state index in [9.17, 15) is 0 Å². The zero-order valence-electron chi connectivity index (χ0n) is 30.3. The van der Waals surface area contributed by atoms with Gasteiger partial charge in [-0.2, -0.15) is 5.10 Å². The zero-order chi connectivity index (χ0) is 34.6. The van der Waals surface area contributed by atoms with Crippen molar-refractivity contribution in [3.8, 4) is 28.8 Å². The van der Waals surface area contributed by atoms with E-state index in [0.717, 1.165) is 69.1 Å². The lowest BCUT2D eigenvalue weighted by molar-refractivity contribution is 0.256. The molecule has 0 saturated carbocycles. The predicted molar refractivity (Wildman–Crippen MR) is 201 cm³/mol.